The standard InChI is InChI=1S/C23H24ClN5O4/c1-14(2)29(9-10-30)22(33)15-3-5-16(6-4-15)28-23-25-12-17(13-26-23)27-21(32)19-11-18(31)7-8-20(19)24/h3-8,11-14,30-31H,9-10H2,1-2H3,(H,27,32)(H,25,26,28). The molecule has 0 spiro atoms. The Labute approximate surface area is 196 Å². The van der Waals surface area contributed by atoms with Crippen LogP contribution < -0.4 is 10.6 Å². The number of nitrogens with one attached hydrogen (secondary N) is 2. The van der Waals surface area contributed by atoms with Gasteiger partial charge < -0.3 is 25.7 Å². The number of amides is 2. The summed E-state index contributed by atoms with van der Waals surface area (Å²) in [7, 11) is 0. The third-order valence-electron chi connectivity index (χ3n) is 4.72. The number of rotatable bonds is 8. The first-order valence-corrected chi connectivity index (χ1v) is 10.6. The minimum Gasteiger partial charge on any atom is -0.508 e. The molecule has 33 heavy (non-hydrogen) atoms. The molecule has 10 heteroatoms. The molecule has 0 bridgehead atoms. The number of phenolic OH excluding ortho intramolecular Hbond substituents is 1. The van der Waals surface area contributed by atoms with Crippen LogP contribution >= 0.6 is 11.6 Å². The topological polar surface area (TPSA) is 128 Å². The SMILES string of the molecule is CC(C)N(CCO)C(=O)c1ccc(Nc2ncc(NC(=O)c3cc(O)ccc3Cl)cn2)cc1. The van der Waals surface area contributed by atoms with Gasteiger partial charge in [0.1, 0.15) is 5.75 Å². The number of aromatic hydroxyl groups is 1. The van der Waals surface area contributed by atoms with Crippen LogP contribution in [0.5, 0.6) is 5.75 Å². The van der Waals surface area contributed by atoms with E-state index in [9.17, 15) is 19.8 Å². The highest BCUT2D eigenvalue weighted by atomic mass is 35.5. The summed E-state index contributed by atoms with van der Waals surface area (Å²) in [6, 6.07) is 10.9. The average Bonchev–Trinajstić information content (AvgIpc) is 2.80. The van der Waals surface area contributed by atoms with Crippen molar-refractivity contribution in [3.8, 4) is 5.75 Å². The summed E-state index contributed by atoms with van der Waals surface area (Å²) in [4.78, 5) is 34.9. The minimum absolute atomic E-state index is 0.0292. The Morgan fingerprint density at radius 2 is 1.73 bits per heavy atom. The first-order chi connectivity index (χ1) is 15.8. The number of benzene rings is 2. The number of halogens is 1. The molecule has 0 radical (unpaired) electrons. The van der Waals surface area contributed by atoms with Gasteiger partial charge in [-0.15, -0.1) is 0 Å². The number of aliphatic hydroxyl groups excluding tert-OH is 1. The smallest absolute Gasteiger partial charge is 0.257 e. The fourth-order valence-electron chi connectivity index (χ4n) is 3.04. The van der Waals surface area contributed by atoms with Crippen LogP contribution in [-0.2, 0) is 0 Å². The van der Waals surface area contributed by atoms with E-state index in [1.54, 1.807) is 29.2 Å². The lowest BCUT2D eigenvalue weighted by molar-refractivity contribution is 0.0665. The Morgan fingerprint density at radius 3 is 2.33 bits per heavy atom. The maximum atomic E-state index is 12.6. The van der Waals surface area contributed by atoms with Gasteiger partial charge in [0.2, 0.25) is 5.95 Å². The fourth-order valence-corrected chi connectivity index (χ4v) is 3.24. The van der Waals surface area contributed by atoms with Gasteiger partial charge in [0.25, 0.3) is 11.8 Å². The summed E-state index contributed by atoms with van der Waals surface area (Å²) in [5.74, 6) is -0.434. The molecule has 0 aliphatic heterocycles. The maximum absolute atomic E-state index is 12.6. The Hall–Kier alpha value is -3.69. The second kappa shape index (κ2) is 10.8. The Kier molecular flexibility index (Phi) is 7.81. The van der Waals surface area contributed by atoms with Gasteiger partial charge in [0, 0.05) is 23.8 Å². The van der Waals surface area contributed by atoms with E-state index >= 15 is 0 Å². The van der Waals surface area contributed by atoms with E-state index in [0.29, 0.717) is 22.9 Å². The van der Waals surface area contributed by atoms with Crippen molar-refractivity contribution in [1.82, 2.24) is 14.9 Å². The molecule has 172 valence electrons. The number of carbonyl (C=O) groups is 2. The van der Waals surface area contributed by atoms with E-state index in [4.69, 9.17) is 11.6 Å². The quantitative estimate of drug-likeness (QED) is 0.396. The van der Waals surface area contributed by atoms with Crippen molar-refractivity contribution < 1.29 is 19.8 Å². The Balaban J connectivity index is 1.63. The van der Waals surface area contributed by atoms with Crippen molar-refractivity contribution in [3.63, 3.8) is 0 Å². The van der Waals surface area contributed by atoms with Crippen LogP contribution in [0.15, 0.2) is 54.9 Å². The molecule has 3 aromatic rings. The zero-order chi connectivity index (χ0) is 24.0. The molecule has 1 aromatic heterocycles. The summed E-state index contributed by atoms with van der Waals surface area (Å²) in [5, 5.41) is 24.6. The summed E-state index contributed by atoms with van der Waals surface area (Å²) >= 11 is 6.00. The molecular weight excluding hydrogens is 446 g/mol. The average molecular weight is 470 g/mol. The molecule has 2 aromatic carbocycles. The van der Waals surface area contributed by atoms with Crippen molar-refractivity contribution in [2.45, 2.75) is 19.9 Å². The van der Waals surface area contributed by atoms with Gasteiger partial charge in [-0.3, -0.25) is 9.59 Å². The van der Waals surface area contributed by atoms with E-state index in [-0.39, 0.29) is 41.4 Å². The second-order valence-corrected chi connectivity index (χ2v) is 7.84. The molecule has 0 aliphatic rings. The zero-order valence-electron chi connectivity index (χ0n) is 18.1. The molecule has 4 N–H and O–H groups in total. The van der Waals surface area contributed by atoms with Crippen LogP contribution in [0.1, 0.15) is 34.6 Å². The van der Waals surface area contributed by atoms with E-state index in [1.165, 1.54) is 30.6 Å². The maximum Gasteiger partial charge on any atom is 0.257 e. The van der Waals surface area contributed by atoms with Crippen LogP contribution in [0.4, 0.5) is 17.3 Å². The number of carbonyl (C=O) groups excluding carboxylic acids is 2. The van der Waals surface area contributed by atoms with Crippen molar-refractivity contribution in [2.24, 2.45) is 0 Å². The largest absolute Gasteiger partial charge is 0.508 e. The van der Waals surface area contributed by atoms with Gasteiger partial charge in [-0.2, -0.15) is 0 Å². The van der Waals surface area contributed by atoms with Gasteiger partial charge in [-0.25, -0.2) is 9.97 Å². The lowest BCUT2D eigenvalue weighted by Gasteiger charge is -2.26. The molecule has 3 rings (SSSR count). The first-order valence-electron chi connectivity index (χ1n) is 10.2. The van der Waals surface area contributed by atoms with E-state index in [0.717, 1.165) is 0 Å². The van der Waals surface area contributed by atoms with Crippen LogP contribution in [0.3, 0.4) is 0 Å². The normalized spacial score (nSPS) is 10.7. The summed E-state index contributed by atoms with van der Waals surface area (Å²) in [6.07, 6.45) is 2.86. The summed E-state index contributed by atoms with van der Waals surface area (Å²) < 4.78 is 0. The van der Waals surface area contributed by atoms with Gasteiger partial charge in [-0.1, -0.05) is 11.6 Å². The van der Waals surface area contributed by atoms with E-state index in [1.807, 2.05) is 13.8 Å². The molecule has 0 fully saturated rings. The van der Waals surface area contributed by atoms with Crippen LogP contribution in [0.2, 0.25) is 5.02 Å². The zero-order valence-corrected chi connectivity index (χ0v) is 18.9. The number of aromatic nitrogens is 2. The molecule has 2 amide bonds. The number of phenols is 1. The number of nitrogens with zero attached hydrogens (tertiary/aromatic N) is 3. The highest BCUT2D eigenvalue weighted by molar-refractivity contribution is 6.34. The summed E-state index contributed by atoms with van der Waals surface area (Å²) in [5.41, 5.74) is 1.66. The van der Waals surface area contributed by atoms with Crippen LogP contribution in [0, 0.1) is 0 Å². The number of hydrogen-bond acceptors (Lipinski definition) is 7. The molecule has 0 atom stereocenters. The molecule has 9 nitrogen and oxygen atoms in total. The van der Waals surface area contributed by atoms with Gasteiger partial charge >= 0.3 is 0 Å². The molecule has 0 unspecified atom stereocenters. The molecule has 0 saturated heterocycles. The van der Waals surface area contributed by atoms with Crippen molar-refractivity contribution in [2.75, 3.05) is 23.8 Å². The molecular formula is C23H24ClN5O4. The summed E-state index contributed by atoms with van der Waals surface area (Å²) in [6.45, 7) is 3.96. The van der Waals surface area contributed by atoms with E-state index in [2.05, 4.69) is 20.6 Å². The van der Waals surface area contributed by atoms with Gasteiger partial charge in [-0.05, 0) is 56.3 Å². The predicted molar refractivity (Wildman–Crippen MR) is 126 cm³/mol. The second-order valence-electron chi connectivity index (χ2n) is 7.43. The van der Waals surface area contributed by atoms with Crippen LogP contribution in [-0.4, -0.2) is 56.1 Å². The van der Waals surface area contributed by atoms with Gasteiger partial charge in [0.05, 0.1) is 35.3 Å². The van der Waals surface area contributed by atoms with Crippen molar-refractivity contribution >= 4 is 40.7 Å². The number of aliphatic hydroxyl groups is 1. The van der Waals surface area contributed by atoms with Gasteiger partial charge in [0.15, 0.2) is 0 Å². The Morgan fingerprint density at radius 1 is 1.06 bits per heavy atom. The third-order valence-corrected chi connectivity index (χ3v) is 5.05. The predicted octanol–water partition coefficient (Wildman–Crippen LogP) is 3.67. The molecule has 1 heterocycles. The first kappa shape index (κ1) is 24.0. The number of hydrogen-bond donors (Lipinski definition) is 4. The lowest BCUT2D eigenvalue weighted by Crippen LogP contribution is -2.38. The minimum atomic E-state index is -0.503. The third kappa shape index (κ3) is 6.18. The molecule has 0 aliphatic carbocycles. The highest BCUT2D eigenvalue weighted by Crippen LogP contribution is 2.22. The highest BCUT2D eigenvalue weighted by Gasteiger charge is 2.18. The number of anilines is 3. The Bertz CT molecular complexity index is 1120. The monoisotopic (exact) mass is 469 g/mol. The van der Waals surface area contributed by atoms with Crippen molar-refractivity contribution in [3.05, 3.63) is 71.0 Å². The fraction of sp³-hybridized carbons (Fsp3) is 0.217. The molecule has 0 saturated carbocycles. The van der Waals surface area contributed by atoms with E-state index < -0.39 is 5.91 Å². The lowest BCUT2D eigenvalue weighted by atomic mass is 10.1. The van der Waals surface area contributed by atoms with Crippen molar-refractivity contribution in [1.29, 1.82) is 0 Å². The van der Waals surface area contributed by atoms with Crippen LogP contribution in [0.25, 0.3) is 0 Å².